The van der Waals surface area contributed by atoms with E-state index >= 15 is 0 Å². The number of benzene rings is 2. The van der Waals surface area contributed by atoms with E-state index in [0.29, 0.717) is 18.8 Å². The Kier molecular flexibility index (Phi) is 12.1. The largest absolute Gasteiger partial charge is 0.508 e. The van der Waals surface area contributed by atoms with Crippen LogP contribution in [0.5, 0.6) is 5.75 Å². The van der Waals surface area contributed by atoms with Crippen LogP contribution in [0, 0.1) is 0 Å². The normalized spacial score (nSPS) is 11.5. The molecular weight excluding hydrogens is 530 g/mol. The number of unbranched alkanes of at least 4 members (excludes halogenated alkanes) is 3. The number of phenols is 1. The maximum Gasteiger partial charge on any atom is 0.350 e. The number of aliphatic hydroxyl groups is 2. The first kappa shape index (κ1) is 30.4. The van der Waals surface area contributed by atoms with Crippen LogP contribution in [0.2, 0.25) is 0 Å². The smallest absolute Gasteiger partial charge is 0.350 e. The number of aryl methyl sites for hydroxylation is 2. The van der Waals surface area contributed by atoms with Gasteiger partial charge in [0, 0.05) is 37.3 Å². The molecule has 0 aliphatic heterocycles. The standard InChI is InChI=1S/C32H38N7O3/c40-24-22-38(23-25-41)30-14-10-27(11-15-30)34-36-32-9-3-6-21-39(32)20-5-2-1-4-18-37-19-7-8-29(26-37)35-33-28-12-16-31(42)17-13-28/h3,6-17,19,21,26,40-41H,1-2,4-5,18,20,22-25H2/q+1/p+1. The van der Waals surface area contributed by atoms with Crippen LogP contribution in [0.25, 0.3) is 0 Å². The van der Waals surface area contributed by atoms with Crippen LogP contribution in [0.15, 0.2) is 118 Å². The molecule has 0 atom stereocenters. The van der Waals surface area contributed by atoms with E-state index in [2.05, 4.69) is 29.6 Å². The number of azo groups is 2. The summed E-state index contributed by atoms with van der Waals surface area (Å²) in [7, 11) is 0. The quantitative estimate of drug-likeness (QED) is 0.0890. The molecule has 2 heterocycles. The van der Waals surface area contributed by atoms with Crippen LogP contribution in [0.4, 0.5) is 28.6 Å². The van der Waals surface area contributed by atoms with E-state index in [-0.39, 0.29) is 19.0 Å². The van der Waals surface area contributed by atoms with Crippen molar-refractivity contribution in [2.75, 3.05) is 31.2 Å². The van der Waals surface area contributed by atoms with Gasteiger partial charge in [-0.25, -0.2) is 9.13 Å². The molecule has 10 heteroatoms. The average molecular weight is 570 g/mol. The van der Waals surface area contributed by atoms with Gasteiger partial charge in [-0.15, -0.1) is 5.11 Å². The second kappa shape index (κ2) is 16.7. The molecule has 10 nitrogen and oxygen atoms in total. The summed E-state index contributed by atoms with van der Waals surface area (Å²) in [5, 5.41) is 45.4. The molecule has 0 amide bonds. The zero-order valence-electron chi connectivity index (χ0n) is 23.8. The molecule has 4 aromatic rings. The second-order valence-electron chi connectivity index (χ2n) is 9.83. The number of phenolic OH excluding ortho intramolecular Hbond substituents is 1. The first-order chi connectivity index (χ1) is 20.6. The van der Waals surface area contributed by atoms with Gasteiger partial charge in [-0.2, -0.15) is 5.11 Å². The number of pyridine rings is 2. The Bertz CT molecular complexity index is 1420. The molecule has 0 aliphatic rings. The third-order valence-electron chi connectivity index (χ3n) is 6.68. The summed E-state index contributed by atoms with van der Waals surface area (Å²) in [6.45, 7) is 2.77. The van der Waals surface area contributed by atoms with E-state index in [1.54, 1.807) is 24.3 Å². The van der Waals surface area contributed by atoms with Crippen LogP contribution >= 0.6 is 0 Å². The summed E-state index contributed by atoms with van der Waals surface area (Å²) in [6, 6.07) is 24.1. The number of aromatic hydroxyl groups is 1. The van der Waals surface area contributed by atoms with Gasteiger partial charge in [0.25, 0.3) is 0 Å². The van der Waals surface area contributed by atoms with Crippen molar-refractivity contribution in [3.63, 3.8) is 0 Å². The summed E-state index contributed by atoms with van der Waals surface area (Å²) < 4.78 is 4.26. The van der Waals surface area contributed by atoms with Gasteiger partial charge in [0.15, 0.2) is 12.4 Å². The van der Waals surface area contributed by atoms with Gasteiger partial charge >= 0.3 is 5.82 Å². The number of hydrogen-bond acceptors (Lipinski definition) is 8. The van der Waals surface area contributed by atoms with Crippen LogP contribution in [-0.4, -0.2) is 41.6 Å². The first-order valence-electron chi connectivity index (χ1n) is 14.3. The molecule has 0 saturated carbocycles. The van der Waals surface area contributed by atoms with Gasteiger partial charge in [-0.3, -0.25) is 0 Å². The van der Waals surface area contributed by atoms with Crippen molar-refractivity contribution in [3.8, 4) is 5.75 Å². The topological polar surface area (TPSA) is 121 Å². The van der Waals surface area contributed by atoms with E-state index in [1.807, 2.05) is 78.1 Å². The molecule has 0 radical (unpaired) electrons. The highest BCUT2D eigenvalue weighted by molar-refractivity contribution is 5.52. The molecule has 2 aromatic carbocycles. The molecule has 0 fully saturated rings. The highest BCUT2D eigenvalue weighted by Gasteiger charge is 2.10. The Balaban J connectivity index is 1.21. The van der Waals surface area contributed by atoms with E-state index in [0.717, 1.165) is 61.7 Å². The Morgan fingerprint density at radius 2 is 1.24 bits per heavy atom. The number of rotatable bonds is 16. The van der Waals surface area contributed by atoms with Crippen LogP contribution < -0.4 is 14.0 Å². The Hall–Kier alpha value is -4.54. The van der Waals surface area contributed by atoms with E-state index < -0.39 is 0 Å². The Labute approximate surface area is 246 Å². The van der Waals surface area contributed by atoms with Crippen molar-refractivity contribution in [1.29, 1.82) is 0 Å². The van der Waals surface area contributed by atoms with Crippen LogP contribution in [0.3, 0.4) is 0 Å². The highest BCUT2D eigenvalue weighted by atomic mass is 16.3. The van der Waals surface area contributed by atoms with Crippen molar-refractivity contribution in [2.24, 2.45) is 20.5 Å². The lowest BCUT2D eigenvalue weighted by Crippen LogP contribution is -2.33. The third kappa shape index (κ3) is 9.83. The minimum Gasteiger partial charge on any atom is -0.508 e. The average Bonchev–Trinajstić information content (AvgIpc) is 3.02. The van der Waals surface area contributed by atoms with Gasteiger partial charge in [-0.1, -0.05) is 6.07 Å². The third-order valence-corrected chi connectivity index (χ3v) is 6.68. The van der Waals surface area contributed by atoms with E-state index in [9.17, 15) is 15.3 Å². The van der Waals surface area contributed by atoms with Crippen molar-refractivity contribution in [1.82, 2.24) is 0 Å². The lowest BCUT2D eigenvalue weighted by molar-refractivity contribution is -0.697. The predicted octanol–water partition coefficient (Wildman–Crippen LogP) is 5.85. The lowest BCUT2D eigenvalue weighted by atomic mass is 10.2. The zero-order chi connectivity index (χ0) is 29.4. The van der Waals surface area contributed by atoms with Gasteiger partial charge in [0.1, 0.15) is 23.7 Å². The second-order valence-corrected chi connectivity index (χ2v) is 9.83. The highest BCUT2D eigenvalue weighted by Crippen LogP contribution is 2.22. The van der Waals surface area contributed by atoms with Crippen molar-refractivity contribution in [3.05, 3.63) is 97.5 Å². The molecule has 0 spiro atoms. The van der Waals surface area contributed by atoms with Crippen LogP contribution in [-0.2, 0) is 13.1 Å². The Morgan fingerprint density at radius 3 is 1.95 bits per heavy atom. The Morgan fingerprint density at radius 1 is 0.595 bits per heavy atom. The number of anilines is 1. The molecule has 2 aromatic heterocycles. The molecular formula is C32H39N7O3+2. The number of hydrogen-bond donors (Lipinski definition) is 3. The van der Waals surface area contributed by atoms with Crippen LogP contribution in [0.1, 0.15) is 25.7 Å². The maximum atomic E-state index is 9.39. The predicted molar refractivity (Wildman–Crippen MR) is 161 cm³/mol. The molecule has 0 aliphatic carbocycles. The number of aromatic nitrogens is 2. The first-order valence-corrected chi connectivity index (χ1v) is 14.3. The zero-order valence-corrected chi connectivity index (χ0v) is 23.8. The maximum absolute atomic E-state index is 9.39. The fraction of sp³-hybridized carbons (Fsp3) is 0.312. The van der Waals surface area contributed by atoms with Gasteiger partial charge in [-0.05, 0) is 85.0 Å². The molecule has 0 unspecified atom stereocenters. The van der Waals surface area contributed by atoms with E-state index in [1.165, 1.54) is 0 Å². The summed E-state index contributed by atoms with van der Waals surface area (Å²) >= 11 is 0. The molecule has 42 heavy (non-hydrogen) atoms. The fourth-order valence-corrected chi connectivity index (χ4v) is 4.47. The molecule has 0 bridgehead atoms. The van der Waals surface area contributed by atoms with Gasteiger partial charge < -0.3 is 20.2 Å². The molecule has 3 N–H and O–H groups in total. The molecule has 4 rings (SSSR count). The number of aliphatic hydroxyl groups excluding tert-OH is 2. The monoisotopic (exact) mass is 569 g/mol. The summed E-state index contributed by atoms with van der Waals surface area (Å²) in [4.78, 5) is 1.93. The summed E-state index contributed by atoms with van der Waals surface area (Å²) in [5.74, 6) is 1.01. The van der Waals surface area contributed by atoms with Gasteiger partial charge in [0.2, 0.25) is 0 Å². The summed E-state index contributed by atoms with van der Waals surface area (Å²) in [6.07, 6.45) is 10.4. The molecule has 218 valence electrons. The SMILES string of the molecule is OCCN(CCO)c1ccc(/N=N/c2cccc[n+]2CCCCCC[n+]2cccc(/N=N/c3ccc(O)cc3)c2)cc1. The number of nitrogens with zero attached hydrogens (tertiary/aromatic N) is 7. The lowest BCUT2D eigenvalue weighted by Gasteiger charge is -2.22. The summed E-state index contributed by atoms with van der Waals surface area (Å²) in [5.41, 5.74) is 3.15. The fourth-order valence-electron chi connectivity index (χ4n) is 4.47. The van der Waals surface area contributed by atoms with Crippen molar-refractivity contribution >= 4 is 28.6 Å². The minimum absolute atomic E-state index is 0.0274. The minimum atomic E-state index is 0.0274. The molecule has 0 saturated heterocycles. The van der Waals surface area contributed by atoms with E-state index in [4.69, 9.17) is 0 Å². The van der Waals surface area contributed by atoms with Crippen molar-refractivity contribution < 1.29 is 24.5 Å². The van der Waals surface area contributed by atoms with Gasteiger partial charge in [0.05, 0.1) is 36.8 Å². The van der Waals surface area contributed by atoms with Crippen molar-refractivity contribution in [2.45, 2.75) is 38.8 Å².